The minimum Gasteiger partial charge on any atom is -0.493 e. The van der Waals surface area contributed by atoms with Crippen molar-refractivity contribution < 1.29 is 19.0 Å². The lowest BCUT2D eigenvalue weighted by atomic mass is 9.87. The number of methoxy groups -OCH3 is 3. The van der Waals surface area contributed by atoms with Gasteiger partial charge >= 0.3 is 0 Å². The highest BCUT2D eigenvalue weighted by molar-refractivity contribution is 5.91. The van der Waals surface area contributed by atoms with Gasteiger partial charge in [-0.15, -0.1) is 0 Å². The summed E-state index contributed by atoms with van der Waals surface area (Å²) in [6, 6.07) is 11.6. The number of hydrogen-bond donors (Lipinski definition) is 2. The molecule has 0 heterocycles. The zero-order chi connectivity index (χ0) is 20.7. The summed E-state index contributed by atoms with van der Waals surface area (Å²) in [6.45, 7) is 6.96. The standard InChI is InChI=1S/C22H30N2O4/c1-22(2,3)15-7-9-16(10-8-15)24-20(25)11-12-23-17-13-18(26-4)21(28-6)19(14-17)27-5/h7-10,13-14,23H,11-12H2,1-6H3,(H,24,25). The number of ether oxygens (including phenoxy) is 3. The van der Waals surface area contributed by atoms with Crippen LogP contribution in [0.2, 0.25) is 0 Å². The molecule has 0 saturated carbocycles. The maximum Gasteiger partial charge on any atom is 0.226 e. The molecule has 0 unspecified atom stereocenters. The second kappa shape index (κ2) is 9.35. The smallest absolute Gasteiger partial charge is 0.226 e. The molecule has 2 aromatic rings. The molecule has 0 saturated heterocycles. The minimum atomic E-state index is -0.0524. The lowest BCUT2D eigenvalue weighted by molar-refractivity contribution is -0.115. The molecular formula is C22H30N2O4. The average Bonchev–Trinajstić information content (AvgIpc) is 2.66. The van der Waals surface area contributed by atoms with Gasteiger partial charge in [0, 0.05) is 36.5 Å². The van der Waals surface area contributed by atoms with Gasteiger partial charge in [0.25, 0.3) is 0 Å². The Morgan fingerprint density at radius 1 is 0.893 bits per heavy atom. The summed E-state index contributed by atoms with van der Waals surface area (Å²) in [6.07, 6.45) is 0.331. The summed E-state index contributed by atoms with van der Waals surface area (Å²) < 4.78 is 16.0. The van der Waals surface area contributed by atoms with E-state index in [1.807, 2.05) is 36.4 Å². The van der Waals surface area contributed by atoms with Crippen molar-refractivity contribution >= 4 is 17.3 Å². The van der Waals surface area contributed by atoms with Crippen molar-refractivity contribution in [3.05, 3.63) is 42.0 Å². The van der Waals surface area contributed by atoms with E-state index >= 15 is 0 Å². The molecule has 0 radical (unpaired) electrons. The first kappa shape index (κ1) is 21.4. The summed E-state index contributed by atoms with van der Waals surface area (Å²) in [4.78, 5) is 12.2. The lowest BCUT2D eigenvalue weighted by Crippen LogP contribution is -2.16. The number of amides is 1. The fraction of sp³-hybridized carbons (Fsp3) is 0.409. The Morgan fingerprint density at radius 3 is 1.93 bits per heavy atom. The molecule has 0 aliphatic carbocycles. The molecule has 28 heavy (non-hydrogen) atoms. The summed E-state index contributed by atoms with van der Waals surface area (Å²) in [7, 11) is 4.70. The molecule has 0 aliphatic heterocycles. The maximum absolute atomic E-state index is 12.2. The molecule has 2 rings (SSSR count). The molecular weight excluding hydrogens is 356 g/mol. The predicted molar refractivity (Wildman–Crippen MR) is 113 cm³/mol. The minimum absolute atomic E-state index is 0.0524. The van der Waals surface area contributed by atoms with E-state index in [2.05, 4.69) is 31.4 Å². The van der Waals surface area contributed by atoms with Gasteiger partial charge < -0.3 is 24.8 Å². The Morgan fingerprint density at radius 2 is 1.46 bits per heavy atom. The van der Waals surface area contributed by atoms with E-state index in [0.29, 0.717) is 30.2 Å². The van der Waals surface area contributed by atoms with Gasteiger partial charge in [0.2, 0.25) is 11.7 Å². The van der Waals surface area contributed by atoms with Gasteiger partial charge in [0.1, 0.15) is 0 Å². The number of carbonyl (C=O) groups is 1. The molecule has 152 valence electrons. The van der Waals surface area contributed by atoms with Crippen molar-refractivity contribution in [1.29, 1.82) is 0 Å². The molecule has 2 N–H and O–H groups in total. The number of nitrogens with one attached hydrogen (secondary N) is 2. The van der Waals surface area contributed by atoms with E-state index in [4.69, 9.17) is 14.2 Å². The number of carbonyl (C=O) groups excluding carboxylic acids is 1. The van der Waals surface area contributed by atoms with Crippen LogP contribution in [0.15, 0.2) is 36.4 Å². The lowest BCUT2D eigenvalue weighted by Gasteiger charge is -2.19. The van der Waals surface area contributed by atoms with Crippen LogP contribution >= 0.6 is 0 Å². The first-order valence-electron chi connectivity index (χ1n) is 9.22. The molecule has 0 aromatic heterocycles. The summed E-state index contributed by atoms with van der Waals surface area (Å²) in [5, 5.41) is 6.14. The third-order valence-corrected chi connectivity index (χ3v) is 4.38. The Balaban J connectivity index is 1.92. The van der Waals surface area contributed by atoms with Crippen LogP contribution in [0.4, 0.5) is 11.4 Å². The van der Waals surface area contributed by atoms with Crippen molar-refractivity contribution in [2.24, 2.45) is 0 Å². The molecule has 2 aromatic carbocycles. The van der Waals surface area contributed by atoms with E-state index < -0.39 is 0 Å². The van der Waals surface area contributed by atoms with Crippen LogP contribution in [0.3, 0.4) is 0 Å². The van der Waals surface area contributed by atoms with Crippen LogP contribution < -0.4 is 24.8 Å². The van der Waals surface area contributed by atoms with Gasteiger partial charge in [-0.1, -0.05) is 32.9 Å². The fourth-order valence-corrected chi connectivity index (χ4v) is 2.78. The van der Waals surface area contributed by atoms with Crippen molar-refractivity contribution in [3.63, 3.8) is 0 Å². The molecule has 0 bridgehead atoms. The van der Waals surface area contributed by atoms with Gasteiger partial charge in [-0.25, -0.2) is 0 Å². The molecule has 0 atom stereocenters. The van der Waals surface area contributed by atoms with Crippen molar-refractivity contribution in [1.82, 2.24) is 0 Å². The summed E-state index contributed by atoms with van der Waals surface area (Å²) in [5.41, 5.74) is 2.91. The summed E-state index contributed by atoms with van der Waals surface area (Å²) in [5.74, 6) is 1.61. The third-order valence-electron chi connectivity index (χ3n) is 4.38. The highest BCUT2D eigenvalue weighted by Gasteiger charge is 2.14. The van der Waals surface area contributed by atoms with E-state index in [-0.39, 0.29) is 11.3 Å². The Kier molecular flexibility index (Phi) is 7.15. The van der Waals surface area contributed by atoms with Gasteiger partial charge in [-0.2, -0.15) is 0 Å². The van der Waals surface area contributed by atoms with Crippen LogP contribution in [0.1, 0.15) is 32.8 Å². The normalized spacial score (nSPS) is 10.9. The molecule has 1 amide bonds. The van der Waals surface area contributed by atoms with Gasteiger partial charge in [0.15, 0.2) is 11.5 Å². The zero-order valence-electron chi connectivity index (χ0n) is 17.5. The van der Waals surface area contributed by atoms with Crippen LogP contribution in [0.25, 0.3) is 0 Å². The molecule has 0 aliphatic rings. The molecule has 0 fully saturated rings. The number of benzene rings is 2. The van der Waals surface area contributed by atoms with Crippen molar-refractivity contribution in [2.75, 3.05) is 38.5 Å². The fourth-order valence-electron chi connectivity index (χ4n) is 2.78. The van der Waals surface area contributed by atoms with E-state index in [1.165, 1.54) is 5.56 Å². The van der Waals surface area contributed by atoms with Gasteiger partial charge in [-0.3, -0.25) is 4.79 Å². The monoisotopic (exact) mass is 386 g/mol. The highest BCUT2D eigenvalue weighted by atomic mass is 16.5. The van der Waals surface area contributed by atoms with Crippen LogP contribution in [-0.2, 0) is 10.2 Å². The first-order valence-corrected chi connectivity index (χ1v) is 9.22. The Labute approximate surface area is 167 Å². The molecule has 6 nitrogen and oxygen atoms in total. The molecule has 6 heteroatoms. The topological polar surface area (TPSA) is 68.8 Å². The quantitative estimate of drug-likeness (QED) is 0.701. The predicted octanol–water partition coefficient (Wildman–Crippen LogP) is 4.45. The van der Waals surface area contributed by atoms with Gasteiger partial charge in [-0.05, 0) is 23.1 Å². The van der Waals surface area contributed by atoms with Crippen LogP contribution in [-0.4, -0.2) is 33.8 Å². The molecule has 0 spiro atoms. The van der Waals surface area contributed by atoms with E-state index in [0.717, 1.165) is 11.4 Å². The number of anilines is 2. The maximum atomic E-state index is 12.2. The zero-order valence-corrected chi connectivity index (χ0v) is 17.5. The third kappa shape index (κ3) is 5.55. The largest absolute Gasteiger partial charge is 0.493 e. The van der Waals surface area contributed by atoms with Crippen molar-refractivity contribution in [2.45, 2.75) is 32.6 Å². The Bertz CT molecular complexity index is 770. The second-order valence-corrected chi connectivity index (χ2v) is 7.47. The summed E-state index contributed by atoms with van der Waals surface area (Å²) >= 11 is 0. The average molecular weight is 386 g/mol. The van der Waals surface area contributed by atoms with Crippen molar-refractivity contribution in [3.8, 4) is 17.2 Å². The van der Waals surface area contributed by atoms with E-state index in [9.17, 15) is 4.79 Å². The van der Waals surface area contributed by atoms with Crippen LogP contribution in [0.5, 0.6) is 17.2 Å². The van der Waals surface area contributed by atoms with E-state index in [1.54, 1.807) is 21.3 Å². The van der Waals surface area contributed by atoms with Crippen LogP contribution in [0, 0.1) is 0 Å². The van der Waals surface area contributed by atoms with Gasteiger partial charge in [0.05, 0.1) is 21.3 Å². The highest BCUT2D eigenvalue weighted by Crippen LogP contribution is 2.39. The number of rotatable bonds is 8. The second-order valence-electron chi connectivity index (χ2n) is 7.47. The number of hydrogen-bond acceptors (Lipinski definition) is 5. The Hall–Kier alpha value is -2.89. The first-order chi connectivity index (χ1) is 13.3. The SMILES string of the molecule is COc1cc(NCCC(=O)Nc2ccc(C(C)(C)C)cc2)cc(OC)c1OC.